The Bertz CT molecular complexity index is 560. The van der Waals surface area contributed by atoms with E-state index in [1.807, 2.05) is 43.4 Å². The molecule has 0 amide bonds. The van der Waals surface area contributed by atoms with E-state index in [0.717, 1.165) is 38.0 Å². The molecule has 0 N–H and O–H groups in total. The van der Waals surface area contributed by atoms with Gasteiger partial charge in [-0.25, -0.2) is 8.51 Å². The van der Waals surface area contributed by atoms with Crippen molar-refractivity contribution in [3.63, 3.8) is 0 Å². The molecule has 1 aromatic carbocycles. The molecule has 0 saturated carbocycles. The number of hydrogen-bond donors (Lipinski definition) is 0. The summed E-state index contributed by atoms with van der Waals surface area (Å²) in [6.45, 7) is 7.60. The second-order valence-electron chi connectivity index (χ2n) is 6.03. The largest absolute Gasteiger partial charge is 0.497 e. The van der Waals surface area contributed by atoms with Crippen LogP contribution in [0.5, 0.6) is 11.5 Å². The fourth-order valence-corrected chi connectivity index (χ4v) is 3.81. The summed E-state index contributed by atoms with van der Waals surface area (Å²) in [5.41, 5.74) is 0. The van der Waals surface area contributed by atoms with Crippen molar-refractivity contribution in [1.82, 2.24) is 4.31 Å². The highest BCUT2D eigenvalue weighted by Gasteiger charge is 2.18. The predicted molar refractivity (Wildman–Crippen MR) is 106 cm³/mol. The third-order valence-electron chi connectivity index (χ3n) is 3.92. The number of fused-ring (bicyclic) bond motifs is 1. The fraction of sp³-hybridized carbons (Fsp3) is 0.600. The van der Waals surface area contributed by atoms with Crippen LogP contribution in [0.3, 0.4) is 0 Å². The minimum Gasteiger partial charge on any atom is -0.497 e. The van der Waals surface area contributed by atoms with E-state index >= 15 is 0 Å². The van der Waals surface area contributed by atoms with Crippen LogP contribution in [0.25, 0.3) is 0 Å². The molecule has 2 atom stereocenters. The minimum atomic E-state index is -1.23. The zero-order valence-electron chi connectivity index (χ0n) is 16.3. The van der Waals surface area contributed by atoms with E-state index in [-0.39, 0.29) is 0 Å². The fourth-order valence-electron chi connectivity index (χ4n) is 2.61. The van der Waals surface area contributed by atoms with Gasteiger partial charge in [-0.05, 0) is 43.7 Å². The van der Waals surface area contributed by atoms with Crippen molar-refractivity contribution < 1.29 is 13.7 Å². The summed E-state index contributed by atoms with van der Waals surface area (Å²) < 4.78 is 25.9. The van der Waals surface area contributed by atoms with Crippen LogP contribution < -0.4 is 9.47 Å². The van der Waals surface area contributed by atoms with Gasteiger partial charge in [-0.3, -0.25) is 0 Å². The van der Waals surface area contributed by atoms with Crippen LogP contribution in [-0.4, -0.2) is 35.8 Å². The molecular weight excluding hydrogens is 334 g/mol. The standard InChI is InChI=1S/C18H27NO3S.C2H6/c1-15-9-7-5-4-6-8-12-22-17-13-16(21-3)10-11-18(17)23(20)19(2)14-15;1-2/h5,7,10-11,13,15H,4,6,8-9,12,14H2,1-3H3;1-2H3/b7-5+;/t15-,23?;/m1./s1. The molecule has 2 rings (SSSR count). The third-order valence-corrected chi connectivity index (χ3v) is 5.35. The van der Waals surface area contributed by atoms with Crippen LogP contribution in [0.2, 0.25) is 0 Å². The molecule has 25 heavy (non-hydrogen) atoms. The molecule has 1 heterocycles. The Kier molecular flexibility index (Phi) is 10.5. The summed E-state index contributed by atoms with van der Waals surface area (Å²) in [6.07, 6.45) is 8.69. The van der Waals surface area contributed by atoms with Crippen molar-refractivity contribution in [2.75, 3.05) is 27.3 Å². The highest BCUT2D eigenvalue weighted by atomic mass is 32.2. The van der Waals surface area contributed by atoms with Gasteiger partial charge in [0.2, 0.25) is 0 Å². The average Bonchev–Trinajstić information content (AvgIpc) is 2.64. The minimum absolute atomic E-state index is 0.464. The van der Waals surface area contributed by atoms with E-state index in [4.69, 9.17) is 9.47 Å². The van der Waals surface area contributed by atoms with Crippen molar-refractivity contribution in [2.24, 2.45) is 5.92 Å². The lowest BCUT2D eigenvalue weighted by molar-refractivity contribution is 0.296. The lowest BCUT2D eigenvalue weighted by Crippen LogP contribution is -2.27. The maximum absolute atomic E-state index is 12.8. The Morgan fingerprint density at radius 3 is 2.72 bits per heavy atom. The van der Waals surface area contributed by atoms with Gasteiger partial charge in [0, 0.05) is 19.7 Å². The highest BCUT2D eigenvalue weighted by Crippen LogP contribution is 2.29. The molecule has 142 valence electrons. The molecule has 0 aromatic heterocycles. The van der Waals surface area contributed by atoms with Crippen LogP contribution in [0.1, 0.15) is 46.5 Å². The van der Waals surface area contributed by atoms with Gasteiger partial charge in [0.05, 0.1) is 18.6 Å². The van der Waals surface area contributed by atoms with Gasteiger partial charge in [-0.15, -0.1) is 0 Å². The van der Waals surface area contributed by atoms with E-state index in [2.05, 4.69) is 19.1 Å². The molecule has 1 unspecified atom stereocenters. The van der Waals surface area contributed by atoms with Crippen LogP contribution >= 0.6 is 0 Å². The number of allylic oxidation sites excluding steroid dienone is 2. The maximum atomic E-state index is 12.8. The first-order chi connectivity index (χ1) is 12.1. The summed E-state index contributed by atoms with van der Waals surface area (Å²) in [4.78, 5) is 0.716. The molecular formula is C20H33NO3S. The molecule has 0 radical (unpaired) electrons. The molecule has 0 aliphatic carbocycles. The zero-order valence-corrected chi connectivity index (χ0v) is 17.1. The first-order valence-electron chi connectivity index (χ1n) is 9.20. The Morgan fingerprint density at radius 1 is 1.24 bits per heavy atom. The van der Waals surface area contributed by atoms with Crippen molar-refractivity contribution in [2.45, 2.75) is 51.3 Å². The van der Waals surface area contributed by atoms with E-state index < -0.39 is 11.0 Å². The average molecular weight is 368 g/mol. The lowest BCUT2D eigenvalue weighted by Gasteiger charge is -2.21. The molecule has 0 bridgehead atoms. The molecule has 4 nitrogen and oxygen atoms in total. The zero-order chi connectivity index (χ0) is 18.7. The van der Waals surface area contributed by atoms with Gasteiger partial charge in [-0.2, -0.15) is 0 Å². The second kappa shape index (κ2) is 12.1. The number of ether oxygens (including phenoxy) is 2. The number of nitrogens with zero attached hydrogens (tertiary/aromatic N) is 1. The smallest absolute Gasteiger partial charge is 0.140 e. The SMILES string of the molecule is CC.COc1ccc2c(c1)OCCCC/C=C/C[C@@H](C)CN(C)S2=O. The predicted octanol–water partition coefficient (Wildman–Crippen LogP) is 4.82. The topological polar surface area (TPSA) is 38.8 Å². The van der Waals surface area contributed by atoms with Gasteiger partial charge in [-0.1, -0.05) is 32.9 Å². The van der Waals surface area contributed by atoms with E-state index in [1.54, 1.807) is 7.11 Å². The molecule has 0 spiro atoms. The molecule has 5 heteroatoms. The Morgan fingerprint density at radius 2 is 2.00 bits per heavy atom. The summed E-state index contributed by atoms with van der Waals surface area (Å²) in [6, 6.07) is 5.51. The van der Waals surface area contributed by atoms with E-state index in [0.29, 0.717) is 23.2 Å². The molecule has 1 aromatic rings. The van der Waals surface area contributed by atoms with Crippen LogP contribution in [-0.2, 0) is 11.0 Å². The van der Waals surface area contributed by atoms with Gasteiger partial charge < -0.3 is 9.47 Å². The number of rotatable bonds is 1. The molecule has 1 aliphatic rings. The summed E-state index contributed by atoms with van der Waals surface area (Å²) in [5.74, 6) is 1.85. The lowest BCUT2D eigenvalue weighted by atomic mass is 10.1. The first-order valence-corrected chi connectivity index (χ1v) is 10.3. The van der Waals surface area contributed by atoms with Crippen LogP contribution in [0, 0.1) is 5.92 Å². The molecule has 0 saturated heterocycles. The number of hydrogen-bond acceptors (Lipinski definition) is 3. The quantitative estimate of drug-likeness (QED) is 0.668. The Hall–Kier alpha value is -1.33. The maximum Gasteiger partial charge on any atom is 0.140 e. The van der Waals surface area contributed by atoms with Gasteiger partial charge >= 0.3 is 0 Å². The van der Waals surface area contributed by atoms with Crippen molar-refractivity contribution in [3.05, 3.63) is 30.4 Å². The first kappa shape index (κ1) is 21.7. The van der Waals surface area contributed by atoms with Crippen molar-refractivity contribution in [3.8, 4) is 11.5 Å². The monoisotopic (exact) mass is 367 g/mol. The van der Waals surface area contributed by atoms with Gasteiger partial charge in [0.1, 0.15) is 22.5 Å². The van der Waals surface area contributed by atoms with Crippen molar-refractivity contribution in [1.29, 1.82) is 0 Å². The van der Waals surface area contributed by atoms with E-state index in [1.165, 1.54) is 0 Å². The van der Waals surface area contributed by atoms with Crippen LogP contribution in [0.15, 0.2) is 35.2 Å². The summed E-state index contributed by atoms with van der Waals surface area (Å²) >= 11 is 0. The van der Waals surface area contributed by atoms with Crippen LogP contribution in [0.4, 0.5) is 0 Å². The van der Waals surface area contributed by atoms with Gasteiger partial charge in [0.15, 0.2) is 0 Å². The third kappa shape index (κ3) is 7.20. The molecule has 0 fully saturated rings. The van der Waals surface area contributed by atoms with Gasteiger partial charge in [0.25, 0.3) is 0 Å². The number of benzene rings is 1. The number of methoxy groups -OCH3 is 1. The summed E-state index contributed by atoms with van der Waals surface area (Å²) in [5, 5.41) is 0. The van der Waals surface area contributed by atoms with Crippen molar-refractivity contribution >= 4 is 11.0 Å². The second-order valence-corrected chi connectivity index (χ2v) is 7.59. The Labute approximate surface area is 155 Å². The Balaban J connectivity index is 0.00000151. The normalized spacial score (nSPS) is 23.9. The molecule has 1 aliphatic heterocycles. The highest BCUT2D eigenvalue weighted by molar-refractivity contribution is 7.82. The summed E-state index contributed by atoms with van der Waals surface area (Å²) in [7, 11) is 2.29. The van der Waals surface area contributed by atoms with E-state index in [9.17, 15) is 4.21 Å².